The second-order valence-electron chi connectivity index (χ2n) is 12.8. The summed E-state index contributed by atoms with van der Waals surface area (Å²) in [5.41, 5.74) is 12.5. The molecule has 3 nitrogen and oxygen atoms in total. The molecule has 9 aromatic rings. The second-order valence-corrected chi connectivity index (χ2v) is 12.8. The summed E-state index contributed by atoms with van der Waals surface area (Å²) in [6.07, 6.45) is 10.5. The van der Waals surface area contributed by atoms with Crippen molar-refractivity contribution < 1.29 is 8.83 Å². The van der Waals surface area contributed by atoms with E-state index in [4.69, 9.17) is 15.3 Å². The maximum atomic E-state index is 6.37. The fourth-order valence-electron chi connectivity index (χ4n) is 7.24. The van der Waals surface area contributed by atoms with E-state index in [2.05, 4.69) is 132 Å². The summed E-state index contributed by atoms with van der Waals surface area (Å²) >= 11 is 0. The summed E-state index contributed by atoms with van der Waals surface area (Å²) in [4.78, 5) is 2.14. The predicted octanol–water partition coefficient (Wildman–Crippen LogP) is 13.6. The highest BCUT2D eigenvalue weighted by atomic mass is 16.3. The average molecular weight is 668 g/mol. The molecule has 3 heteroatoms. The van der Waals surface area contributed by atoms with Crippen molar-refractivity contribution in [2.45, 2.75) is 6.92 Å². The first-order valence-corrected chi connectivity index (χ1v) is 17.4. The van der Waals surface area contributed by atoms with Gasteiger partial charge in [-0.15, -0.1) is 6.42 Å². The number of benzene rings is 7. The third-order valence-electron chi connectivity index (χ3n) is 9.78. The van der Waals surface area contributed by atoms with Crippen molar-refractivity contribution in [1.29, 1.82) is 0 Å². The Labute approximate surface area is 302 Å². The Kier molecular flexibility index (Phi) is 7.76. The number of nitrogens with zero attached hydrogens (tertiary/aromatic N) is 1. The molecule has 2 heterocycles. The monoisotopic (exact) mass is 667 g/mol. The third-order valence-corrected chi connectivity index (χ3v) is 9.78. The van der Waals surface area contributed by atoms with Gasteiger partial charge in [0.1, 0.15) is 22.3 Å². The van der Waals surface area contributed by atoms with Crippen LogP contribution in [0, 0.1) is 12.3 Å². The van der Waals surface area contributed by atoms with Crippen LogP contribution in [0.15, 0.2) is 190 Å². The first kappa shape index (κ1) is 31.0. The molecule has 52 heavy (non-hydrogen) atoms. The molecule has 0 amide bonds. The Morgan fingerprint density at radius 3 is 1.46 bits per heavy atom. The Balaban J connectivity index is 1.15. The first-order valence-electron chi connectivity index (χ1n) is 17.4. The van der Waals surface area contributed by atoms with Crippen LogP contribution in [0.4, 0.5) is 11.4 Å². The van der Waals surface area contributed by atoms with Gasteiger partial charge in [-0.05, 0) is 71.7 Å². The lowest BCUT2D eigenvalue weighted by Crippen LogP contribution is -2.15. The fourth-order valence-corrected chi connectivity index (χ4v) is 7.24. The second kappa shape index (κ2) is 13.0. The highest BCUT2D eigenvalue weighted by Gasteiger charge is 2.18. The molecule has 0 unspecified atom stereocenters. The minimum atomic E-state index is 0.719. The van der Waals surface area contributed by atoms with Crippen LogP contribution in [0.3, 0.4) is 0 Å². The predicted molar refractivity (Wildman–Crippen MR) is 217 cm³/mol. The highest BCUT2D eigenvalue weighted by molar-refractivity contribution is 6.10. The number of fused-ring (bicyclic) bond motifs is 6. The molecule has 9 rings (SSSR count). The topological polar surface area (TPSA) is 29.5 Å². The van der Waals surface area contributed by atoms with Crippen molar-refractivity contribution in [1.82, 2.24) is 0 Å². The number of rotatable bonds is 7. The number of para-hydroxylation sites is 4. The fraction of sp³-hybridized carbons (Fsp3) is 0.0204. The van der Waals surface area contributed by atoms with Crippen LogP contribution in [0.2, 0.25) is 0 Å². The normalized spacial score (nSPS) is 12.2. The Morgan fingerprint density at radius 2 is 0.981 bits per heavy atom. The minimum Gasteiger partial charge on any atom is -0.455 e. The number of allylic oxidation sites excluding steroid dienone is 4. The molecular formula is C49H33NO2. The van der Waals surface area contributed by atoms with Crippen LogP contribution >= 0.6 is 0 Å². The van der Waals surface area contributed by atoms with Crippen LogP contribution in [0.1, 0.15) is 12.5 Å². The molecule has 0 saturated carbocycles. The van der Waals surface area contributed by atoms with Gasteiger partial charge in [-0.3, -0.25) is 0 Å². The van der Waals surface area contributed by atoms with Crippen molar-refractivity contribution in [2.24, 2.45) is 0 Å². The molecule has 0 spiro atoms. The van der Waals surface area contributed by atoms with Crippen molar-refractivity contribution in [3.63, 3.8) is 0 Å². The lowest BCUT2D eigenvalue weighted by molar-refractivity contribution is 0.669. The molecule has 0 saturated heterocycles. The zero-order valence-electron chi connectivity index (χ0n) is 28.6. The standard InChI is InChI=1S/C49H33NO2/c1-3-33(34-14-6-5-7-15-34)32-37(4-2)50(38-28-24-35(25-29-38)40-18-12-20-44-42-16-8-10-22-46(42)51-48(40)44)39-30-26-36(27-31-39)41-19-13-21-45-43-17-9-11-23-47(43)52-49(41)45/h2-3,5-32H,1H3/b33-3+,37-32+. The molecule has 0 radical (unpaired) electrons. The molecule has 0 fully saturated rings. The lowest BCUT2D eigenvalue weighted by atomic mass is 10.0. The van der Waals surface area contributed by atoms with Gasteiger partial charge in [0.2, 0.25) is 0 Å². The van der Waals surface area contributed by atoms with Crippen LogP contribution in [-0.2, 0) is 0 Å². The van der Waals surface area contributed by atoms with Gasteiger partial charge in [0.05, 0.1) is 5.70 Å². The van der Waals surface area contributed by atoms with Gasteiger partial charge in [-0.25, -0.2) is 0 Å². The van der Waals surface area contributed by atoms with Gasteiger partial charge in [0.15, 0.2) is 0 Å². The van der Waals surface area contributed by atoms with E-state index < -0.39 is 0 Å². The molecule has 0 N–H and O–H groups in total. The number of anilines is 2. The van der Waals surface area contributed by atoms with E-state index in [1.165, 1.54) is 0 Å². The van der Waals surface area contributed by atoms with Crippen LogP contribution in [0.5, 0.6) is 0 Å². The van der Waals surface area contributed by atoms with E-state index in [0.29, 0.717) is 0 Å². The quantitative estimate of drug-likeness (QED) is 0.125. The molecule has 7 aromatic carbocycles. The number of hydrogen-bond donors (Lipinski definition) is 0. The maximum Gasteiger partial charge on any atom is 0.143 e. The SMILES string of the molecule is C#C/C(=C\C(=C/C)c1ccccc1)N(c1ccc(-c2cccc3c2oc2ccccc23)cc1)c1ccc(-c2cccc3c2oc2ccccc23)cc1. The maximum absolute atomic E-state index is 6.37. The Bertz CT molecular complexity index is 2690. The smallest absolute Gasteiger partial charge is 0.143 e. The molecule has 0 bridgehead atoms. The van der Waals surface area contributed by atoms with E-state index in [9.17, 15) is 0 Å². The van der Waals surface area contributed by atoms with Gasteiger partial charge >= 0.3 is 0 Å². The van der Waals surface area contributed by atoms with Crippen molar-refractivity contribution in [2.75, 3.05) is 4.90 Å². The molecule has 2 aromatic heterocycles. The van der Waals surface area contributed by atoms with Gasteiger partial charge in [0.25, 0.3) is 0 Å². The van der Waals surface area contributed by atoms with E-state index in [1.807, 2.05) is 61.5 Å². The molecule has 0 aliphatic carbocycles. The lowest BCUT2D eigenvalue weighted by Gasteiger charge is -2.26. The van der Waals surface area contributed by atoms with E-state index in [-0.39, 0.29) is 0 Å². The summed E-state index contributed by atoms with van der Waals surface area (Å²) in [6.45, 7) is 2.04. The van der Waals surface area contributed by atoms with Crippen LogP contribution in [-0.4, -0.2) is 0 Å². The summed E-state index contributed by atoms with van der Waals surface area (Å²) in [7, 11) is 0. The molecule has 246 valence electrons. The molecule has 0 atom stereocenters. The Morgan fingerprint density at radius 1 is 0.519 bits per heavy atom. The Hall–Kier alpha value is -7.02. The van der Waals surface area contributed by atoms with Crippen molar-refractivity contribution in [3.05, 3.63) is 187 Å². The number of furan rings is 2. The van der Waals surface area contributed by atoms with Gasteiger partial charge in [0, 0.05) is 44.0 Å². The summed E-state index contributed by atoms with van der Waals surface area (Å²) in [5.74, 6) is 3.02. The molecule has 0 aliphatic heterocycles. The molecule has 0 aliphatic rings. The number of hydrogen-bond acceptors (Lipinski definition) is 3. The summed E-state index contributed by atoms with van der Waals surface area (Å²) in [5, 5.41) is 4.44. The number of terminal acetylenes is 1. The van der Waals surface area contributed by atoms with Crippen LogP contribution < -0.4 is 4.90 Å². The van der Waals surface area contributed by atoms with E-state index in [0.717, 1.165) is 94.3 Å². The summed E-state index contributed by atoms with van der Waals surface area (Å²) in [6, 6.07) is 56.4. The van der Waals surface area contributed by atoms with Crippen LogP contribution in [0.25, 0.3) is 71.7 Å². The van der Waals surface area contributed by atoms with Crippen molar-refractivity contribution in [3.8, 4) is 34.6 Å². The zero-order valence-corrected chi connectivity index (χ0v) is 28.6. The molecular weight excluding hydrogens is 635 g/mol. The first-order chi connectivity index (χ1) is 25.7. The third kappa shape index (κ3) is 5.35. The van der Waals surface area contributed by atoms with Gasteiger partial charge in [-0.2, -0.15) is 0 Å². The highest BCUT2D eigenvalue weighted by Crippen LogP contribution is 2.40. The summed E-state index contributed by atoms with van der Waals surface area (Å²) < 4.78 is 12.7. The van der Waals surface area contributed by atoms with E-state index in [1.54, 1.807) is 0 Å². The van der Waals surface area contributed by atoms with Crippen molar-refractivity contribution >= 4 is 60.8 Å². The van der Waals surface area contributed by atoms with Gasteiger partial charge in [-0.1, -0.05) is 139 Å². The largest absolute Gasteiger partial charge is 0.455 e. The zero-order chi connectivity index (χ0) is 35.0. The van der Waals surface area contributed by atoms with E-state index >= 15 is 0 Å². The average Bonchev–Trinajstić information content (AvgIpc) is 3.79. The van der Waals surface area contributed by atoms with Gasteiger partial charge < -0.3 is 13.7 Å². The minimum absolute atomic E-state index is 0.719.